The molecular weight excluding hydrogens is 431 g/mol. The van der Waals surface area contributed by atoms with Crippen LogP contribution in [0.3, 0.4) is 0 Å². The van der Waals surface area contributed by atoms with E-state index in [1.807, 2.05) is 0 Å². The van der Waals surface area contributed by atoms with Crippen LogP contribution >= 0.6 is 31.9 Å². The number of aryl methyl sites for hydroxylation is 1. The summed E-state index contributed by atoms with van der Waals surface area (Å²) in [4.78, 5) is 7.24. The Morgan fingerprint density at radius 3 is 2.62 bits per heavy atom. The van der Waals surface area contributed by atoms with Gasteiger partial charge in [0, 0.05) is 5.69 Å². The van der Waals surface area contributed by atoms with E-state index in [0.717, 1.165) is 12.1 Å². The number of aromatic nitrogens is 2. The normalized spacial score (nSPS) is 11.4. The van der Waals surface area contributed by atoms with Crippen molar-refractivity contribution in [2.45, 2.75) is 11.8 Å². The molecule has 0 bridgehead atoms. The van der Waals surface area contributed by atoms with Gasteiger partial charge in [0.15, 0.2) is 10.4 Å². The summed E-state index contributed by atoms with van der Waals surface area (Å²) in [5.41, 5.74) is 6.26. The number of halogens is 3. The van der Waals surface area contributed by atoms with Crippen molar-refractivity contribution >= 4 is 53.4 Å². The lowest BCUT2D eigenvalue weighted by Gasteiger charge is -2.11. The van der Waals surface area contributed by atoms with Crippen LogP contribution in [0.5, 0.6) is 0 Å². The number of sulfonamides is 1. The molecular formula is C11H9Br2FN4O2S. The topological polar surface area (TPSA) is 98.0 Å². The van der Waals surface area contributed by atoms with Gasteiger partial charge in [0.05, 0.1) is 6.20 Å². The van der Waals surface area contributed by atoms with Crippen molar-refractivity contribution in [3.63, 3.8) is 0 Å². The van der Waals surface area contributed by atoms with Crippen molar-refractivity contribution in [1.29, 1.82) is 0 Å². The van der Waals surface area contributed by atoms with Gasteiger partial charge in [0.2, 0.25) is 0 Å². The highest BCUT2D eigenvalue weighted by molar-refractivity contribution is 9.11. The second-order valence-corrected chi connectivity index (χ2v) is 7.29. The smallest absolute Gasteiger partial charge is 0.266 e. The minimum Gasteiger partial charge on any atom is -0.398 e. The standard InChI is InChI=1S/C11H9Br2FN4O2S/c1-5-2-6(14)8(3-7(5)15)21(19,20)18-11-10(13)17-9(12)4-16-11/h2-4H,15H2,1H3,(H,16,18). The number of nitrogen functional groups attached to an aromatic ring is 1. The molecule has 6 nitrogen and oxygen atoms in total. The Bertz CT molecular complexity index is 814. The predicted molar refractivity (Wildman–Crippen MR) is 83.8 cm³/mol. The van der Waals surface area contributed by atoms with Gasteiger partial charge >= 0.3 is 0 Å². The summed E-state index contributed by atoms with van der Waals surface area (Å²) in [5, 5.41) is 0. The second-order valence-electron chi connectivity index (χ2n) is 4.08. The SMILES string of the molecule is Cc1cc(F)c(S(=O)(=O)Nc2ncc(Br)nc2Br)cc1N. The highest BCUT2D eigenvalue weighted by Crippen LogP contribution is 2.26. The summed E-state index contributed by atoms with van der Waals surface area (Å²) in [7, 11) is -4.17. The van der Waals surface area contributed by atoms with Gasteiger partial charge in [-0.25, -0.2) is 22.8 Å². The zero-order valence-electron chi connectivity index (χ0n) is 10.6. The Kier molecular flexibility index (Phi) is 4.49. The van der Waals surface area contributed by atoms with E-state index in [2.05, 4.69) is 46.5 Å². The summed E-state index contributed by atoms with van der Waals surface area (Å²) in [6, 6.07) is 2.12. The molecule has 10 heteroatoms. The molecule has 112 valence electrons. The maximum Gasteiger partial charge on any atom is 0.266 e. The molecule has 1 aromatic heterocycles. The molecule has 0 atom stereocenters. The first-order valence-electron chi connectivity index (χ1n) is 5.47. The molecule has 3 N–H and O–H groups in total. The molecule has 0 radical (unpaired) electrons. The average Bonchev–Trinajstić information content (AvgIpc) is 2.37. The molecule has 1 aromatic carbocycles. The fourth-order valence-corrected chi connectivity index (χ4v) is 3.62. The number of hydrogen-bond donors (Lipinski definition) is 2. The van der Waals surface area contributed by atoms with Gasteiger partial charge in [-0.2, -0.15) is 0 Å². The van der Waals surface area contributed by atoms with Crippen LogP contribution in [-0.4, -0.2) is 18.4 Å². The van der Waals surface area contributed by atoms with Crippen LogP contribution in [0.15, 0.2) is 32.4 Å². The first-order valence-corrected chi connectivity index (χ1v) is 8.54. The molecule has 2 rings (SSSR count). The van der Waals surface area contributed by atoms with Gasteiger partial charge in [-0.05, 0) is 56.5 Å². The molecule has 0 aliphatic rings. The molecule has 21 heavy (non-hydrogen) atoms. The quantitative estimate of drug-likeness (QED) is 0.716. The zero-order valence-corrected chi connectivity index (χ0v) is 14.6. The Morgan fingerprint density at radius 2 is 2.00 bits per heavy atom. The second kappa shape index (κ2) is 5.85. The van der Waals surface area contributed by atoms with E-state index in [9.17, 15) is 12.8 Å². The Labute approximate surface area is 137 Å². The lowest BCUT2D eigenvalue weighted by atomic mass is 10.2. The van der Waals surface area contributed by atoms with Gasteiger partial charge in [-0.3, -0.25) is 4.72 Å². The summed E-state index contributed by atoms with van der Waals surface area (Å²) < 4.78 is 41.0. The predicted octanol–water partition coefficient (Wildman–Crippen LogP) is 2.83. The molecule has 0 fully saturated rings. The molecule has 0 aliphatic heterocycles. The highest BCUT2D eigenvalue weighted by Gasteiger charge is 2.22. The van der Waals surface area contributed by atoms with E-state index in [4.69, 9.17) is 5.73 Å². The van der Waals surface area contributed by atoms with Crippen molar-refractivity contribution in [3.05, 3.63) is 38.9 Å². The monoisotopic (exact) mass is 438 g/mol. The molecule has 0 saturated heterocycles. The first-order chi connectivity index (χ1) is 9.70. The van der Waals surface area contributed by atoms with Crippen molar-refractivity contribution in [2.75, 3.05) is 10.5 Å². The van der Waals surface area contributed by atoms with Gasteiger partial charge in [-0.15, -0.1) is 0 Å². The molecule has 0 amide bonds. The van der Waals surface area contributed by atoms with Crippen LogP contribution < -0.4 is 10.5 Å². The fraction of sp³-hybridized carbons (Fsp3) is 0.0909. The molecule has 1 heterocycles. The van der Waals surface area contributed by atoms with E-state index >= 15 is 0 Å². The van der Waals surface area contributed by atoms with Crippen molar-refractivity contribution < 1.29 is 12.8 Å². The van der Waals surface area contributed by atoms with Crippen LogP contribution in [0.1, 0.15) is 5.56 Å². The van der Waals surface area contributed by atoms with E-state index < -0.39 is 20.7 Å². The van der Waals surface area contributed by atoms with E-state index in [1.165, 1.54) is 6.20 Å². The zero-order chi connectivity index (χ0) is 15.8. The number of nitrogens with two attached hydrogens (primary N) is 1. The third-order valence-corrected chi connectivity index (χ3v) is 4.83. The Hall–Kier alpha value is -1.26. The third-order valence-electron chi connectivity index (χ3n) is 2.54. The van der Waals surface area contributed by atoms with Crippen LogP contribution in [0.2, 0.25) is 0 Å². The van der Waals surface area contributed by atoms with E-state index in [-0.39, 0.29) is 16.1 Å². The molecule has 2 aromatic rings. The van der Waals surface area contributed by atoms with Crippen LogP contribution in [0.25, 0.3) is 0 Å². The summed E-state index contributed by atoms with van der Waals surface area (Å²) in [5.74, 6) is -0.952. The van der Waals surface area contributed by atoms with Gasteiger partial charge in [0.25, 0.3) is 10.0 Å². The molecule has 0 spiro atoms. The maximum absolute atomic E-state index is 13.9. The number of rotatable bonds is 3. The number of benzene rings is 1. The molecule has 0 unspecified atom stereocenters. The largest absolute Gasteiger partial charge is 0.398 e. The van der Waals surface area contributed by atoms with Crippen molar-refractivity contribution in [1.82, 2.24) is 9.97 Å². The van der Waals surface area contributed by atoms with Crippen LogP contribution in [0, 0.1) is 12.7 Å². The number of hydrogen-bond acceptors (Lipinski definition) is 5. The lowest BCUT2D eigenvalue weighted by molar-refractivity contribution is 0.570. The van der Waals surface area contributed by atoms with Crippen molar-refractivity contribution in [3.8, 4) is 0 Å². The highest BCUT2D eigenvalue weighted by atomic mass is 79.9. The summed E-state index contributed by atoms with van der Waals surface area (Å²) >= 11 is 6.16. The Morgan fingerprint density at radius 1 is 1.33 bits per heavy atom. The molecule has 0 aliphatic carbocycles. The lowest BCUT2D eigenvalue weighted by Crippen LogP contribution is -2.17. The van der Waals surface area contributed by atoms with E-state index in [0.29, 0.717) is 10.2 Å². The summed E-state index contributed by atoms with van der Waals surface area (Å²) in [6.07, 6.45) is 1.31. The van der Waals surface area contributed by atoms with Crippen LogP contribution in [-0.2, 0) is 10.0 Å². The number of nitrogens with one attached hydrogen (secondary N) is 1. The number of anilines is 2. The van der Waals surface area contributed by atoms with Crippen LogP contribution in [0.4, 0.5) is 15.9 Å². The molecule has 0 saturated carbocycles. The van der Waals surface area contributed by atoms with Gasteiger partial charge < -0.3 is 5.73 Å². The number of nitrogens with zero attached hydrogens (tertiary/aromatic N) is 2. The van der Waals surface area contributed by atoms with Crippen molar-refractivity contribution in [2.24, 2.45) is 0 Å². The summed E-state index contributed by atoms with van der Waals surface area (Å²) in [6.45, 7) is 1.58. The average molecular weight is 440 g/mol. The minimum atomic E-state index is -4.17. The van der Waals surface area contributed by atoms with E-state index in [1.54, 1.807) is 6.92 Å². The maximum atomic E-state index is 13.9. The Balaban J connectivity index is 2.46. The third kappa shape index (κ3) is 3.50. The fourth-order valence-electron chi connectivity index (χ4n) is 1.47. The first kappa shape index (κ1) is 16.1. The minimum absolute atomic E-state index is 0.0586. The van der Waals surface area contributed by atoms with Gasteiger partial charge in [-0.1, -0.05) is 0 Å². The van der Waals surface area contributed by atoms with Gasteiger partial charge in [0.1, 0.15) is 15.3 Å².